The van der Waals surface area contributed by atoms with Gasteiger partial charge in [0.2, 0.25) is 0 Å². The molecule has 0 radical (unpaired) electrons. The molecule has 1 atom stereocenters. The van der Waals surface area contributed by atoms with Crippen molar-refractivity contribution in [2.45, 2.75) is 12.7 Å². The summed E-state index contributed by atoms with van der Waals surface area (Å²) in [6.45, 7) is -0.114. The molecule has 0 aliphatic carbocycles. The van der Waals surface area contributed by atoms with Crippen molar-refractivity contribution >= 4 is 15.9 Å². The molecule has 17 heavy (non-hydrogen) atoms. The first-order valence-corrected chi connectivity index (χ1v) is 5.65. The molecular formula is C11H10BrF3N2. The smallest absolute Gasteiger partial charge is 0.311 e. The van der Waals surface area contributed by atoms with Gasteiger partial charge in [0.1, 0.15) is 0 Å². The van der Waals surface area contributed by atoms with E-state index in [2.05, 4.69) is 21.2 Å². The second kappa shape index (κ2) is 6.03. The second-order valence-corrected chi connectivity index (χ2v) is 4.30. The van der Waals surface area contributed by atoms with Crippen molar-refractivity contribution in [3.63, 3.8) is 0 Å². The number of nitriles is 1. The Morgan fingerprint density at radius 3 is 2.53 bits per heavy atom. The zero-order chi connectivity index (χ0) is 12.9. The van der Waals surface area contributed by atoms with Crippen molar-refractivity contribution in [3.05, 3.63) is 34.3 Å². The van der Waals surface area contributed by atoms with Crippen molar-refractivity contribution < 1.29 is 13.2 Å². The Morgan fingerprint density at radius 1 is 1.35 bits per heavy atom. The second-order valence-electron chi connectivity index (χ2n) is 3.45. The third-order valence-electron chi connectivity index (χ3n) is 2.17. The van der Waals surface area contributed by atoms with Crippen LogP contribution < -0.4 is 5.32 Å². The summed E-state index contributed by atoms with van der Waals surface area (Å²) in [6, 6.07) is 8.47. The van der Waals surface area contributed by atoms with Crippen LogP contribution in [0.3, 0.4) is 0 Å². The summed E-state index contributed by atoms with van der Waals surface area (Å²) in [5, 5.41) is 11.0. The van der Waals surface area contributed by atoms with Gasteiger partial charge in [-0.15, -0.1) is 0 Å². The van der Waals surface area contributed by atoms with Crippen molar-refractivity contribution in [1.29, 1.82) is 5.26 Å². The Balaban J connectivity index is 2.48. The van der Waals surface area contributed by atoms with E-state index in [1.807, 2.05) is 12.1 Å². The minimum Gasteiger partial charge on any atom is -0.311 e. The molecule has 0 heterocycles. The number of benzene rings is 1. The maximum absolute atomic E-state index is 12.3. The first-order valence-electron chi connectivity index (χ1n) is 4.85. The molecule has 0 saturated heterocycles. The van der Waals surface area contributed by atoms with Crippen LogP contribution in [-0.4, -0.2) is 12.7 Å². The Hall–Kier alpha value is -1.06. The lowest BCUT2D eigenvalue weighted by molar-refractivity contribution is -0.157. The number of hydrogen-bond acceptors (Lipinski definition) is 2. The predicted octanol–water partition coefficient (Wildman–Crippen LogP) is 3.24. The SMILES string of the molecule is N#CC(CNCc1ccccc1Br)C(F)(F)F. The van der Waals surface area contributed by atoms with Crippen LogP contribution in [-0.2, 0) is 6.54 Å². The molecule has 1 rings (SSSR count). The van der Waals surface area contributed by atoms with Crippen molar-refractivity contribution in [2.24, 2.45) is 5.92 Å². The zero-order valence-corrected chi connectivity index (χ0v) is 10.3. The van der Waals surface area contributed by atoms with Gasteiger partial charge in [0, 0.05) is 17.6 Å². The number of halogens is 4. The third-order valence-corrected chi connectivity index (χ3v) is 2.95. The Bertz CT molecular complexity index is 412. The summed E-state index contributed by atoms with van der Waals surface area (Å²) in [6.07, 6.45) is -4.48. The minimum atomic E-state index is -4.48. The maximum Gasteiger partial charge on any atom is 0.405 e. The summed E-state index contributed by atoms with van der Waals surface area (Å²) in [4.78, 5) is 0. The Morgan fingerprint density at radius 2 is 2.00 bits per heavy atom. The van der Waals surface area contributed by atoms with Crippen LogP contribution in [0, 0.1) is 17.2 Å². The van der Waals surface area contributed by atoms with E-state index in [1.54, 1.807) is 12.1 Å². The molecule has 92 valence electrons. The molecule has 0 saturated carbocycles. The van der Waals surface area contributed by atoms with Gasteiger partial charge in [-0.05, 0) is 11.6 Å². The first-order chi connectivity index (χ1) is 7.95. The van der Waals surface area contributed by atoms with E-state index in [9.17, 15) is 13.2 Å². The summed E-state index contributed by atoms with van der Waals surface area (Å²) in [5.74, 6) is -1.97. The lowest BCUT2D eigenvalue weighted by atomic mass is 10.1. The van der Waals surface area contributed by atoms with E-state index in [0.29, 0.717) is 0 Å². The summed E-state index contributed by atoms with van der Waals surface area (Å²) >= 11 is 3.29. The summed E-state index contributed by atoms with van der Waals surface area (Å²) in [7, 11) is 0. The molecule has 1 aromatic rings. The van der Waals surface area contributed by atoms with Crippen molar-refractivity contribution in [1.82, 2.24) is 5.32 Å². The molecule has 1 aromatic carbocycles. The molecule has 0 aliphatic heterocycles. The molecule has 0 fully saturated rings. The highest BCUT2D eigenvalue weighted by Gasteiger charge is 2.39. The molecule has 6 heteroatoms. The Kier molecular flexibility index (Phi) is 4.97. The predicted molar refractivity (Wildman–Crippen MR) is 61.0 cm³/mol. The average molecular weight is 307 g/mol. The minimum absolute atomic E-state index is 0.287. The first kappa shape index (κ1) is 14.0. The quantitative estimate of drug-likeness (QED) is 0.927. The van der Waals surface area contributed by atoms with Gasteiger partial charge in [0.25, 0.3) is 0 Å². The van der Waals surface area contributed by atoms with Crippen LogP contribution in [0.1, 0.15) is 5.56 Å². The largest absolute Gasteiger partial charge is 0.405 e. The van der Waals surface area contributed by atoms with E-state index in [-0.39, 0.29) is 6.54 Å². The van der Waals surface area contributed by atoms with Gasteiger partial charge in [-0.25, -0.2) is 0 Å². The number of nitrogens with zero attached hydrogens (tertiary/aromatic N) is 1. The number of hydrogen-bond donors (Lipinski definition) is 1. The summed E-state index contributed by atoms with van der Waals surface area (Å²) in [5.41, 5.74) is 0.853. The molecule has 0 aromatic heterocycles. The molecule has 0 aliphatic rings. The van der Waals surface area contributed by atoms with Gasteiger partial charge in [-0.3, -0.25) is 0 Å². The molecule has 2 nitrogen and oxygen atoms in total. The van der Waals surface area contributed by atoms with Crippen molar-refractivity contribution in [3.8, 4) is 6.07 Å². The fraction of sp³-hybridized carbons (Fsp3) is 0.364. The number of rotatable bonds is 4. The zero-order valence-electron chi connectivity index (χ0n) is 8.76. The van der Waals surface area contributed by atoms with Gasteiger partial charge in [-0.2, -0.15) is 18.4 Å². The highest BCUT2D eigenvalue weighted by atomic mass is 79.9. The van der Waals surface area contributed by atoms with Crippen LogP contribution >= 0.6 is 15.9 Å². The van der Waals surface area contributed by atoms with Gasteiger partial charge < -0.3 is 5.32 Å². The molecular weight excluding hydrogens is 297 g/mol. The fourth-order valence-corrected chi connectivity index (χ4v) is 1.65. The van der Waals surface area contributed by atoms with Gasteiger partial charge in [0.15, 0.2) is 5.92 Å². The van der Waals surface area contributed by atoms with Crippen LogP contribution in [0.4, 0.5) is 13.2 Å². The van der Waals surface area contributed by atoms with E-state index in [4.69, 9.17) is 5.26 Å². The van der Waals surface area contributed by atoms with Gasteiger partial charge in [-0.1, -0.05) is 34.1 Å². The van der Waals surface area contributed by atoms with Crippen LogP contribution in [0.15, 0.2) is 28.7 Å². The lowest BCUT2D eigenvalue weighted by Crippen LogP contribution is -2.32. The molecule has 1 N–H and O–H groups in total. The topological polar surface area (TPSA) is 35.8 Å². The van der Waals surface area contributed by atoms with E-state index >= 15 is 0 Å². The fourth-order valence-electron chi connectivity index (χ4n) is 1.23. The lowest BCUT2D eigenvalue weighted by Gasteiger charge is -2.14. The summed E-state index contributed by atoms with van der Waals surface area (Å²) < 4.78 is 37.6. The molecule has 0 amide bonds. The van der Waals surface area contributed by atoms with Crippen LogP contribution in [0.2, 0.25) is 0 Å². The van der Waals surface area contributed by atoms with Gasteiger partial charge in [0.05, 0.1) is 6.07 Å². The monoisotopic (exact) mass is 306 g/mol. The van der Waals surface area contributed by atoms with E-state index in [0.717, 1.165) is 10.0 Å². The maximum atomic E-state index is 12.3. The molecule has 0 spiro atoms. The van der Waals surface area contributed by atoms with Crippen LogP contribution in [0.25, 0.3) is 0 Å². The van der Waals surface area contributed by atoms with Gasteiger partial charge >= 0.3 is 6.18 Å². The highest BCUT2D eigenvalue weighted by molar-refractivity contribution is 9.10. The standard InChI is InChI=1S/C11H10BrF3N2/c12-10-4-2-1-3-8(10)6-17-7-9(5-16)11(13,14)15/h1-4,9,17H,6-7H2. The van der Waals surface area contributed by atoms with E-state index < -0.39 is 18.6 Å². The average Bonchev–Trinajstić information content (AvgIpc) is 2.25. The van der Waals surface area contributed by atoms with E-state index in [1.165, 1.54) is 6.07 Å². The molecule has 0 bridgehead atoms. The number of nitrogens with one attached hydrogen (secondary N) is 1. The Labute approximate surface area is 106 Å². The number of alkyl halides is 3. The normalized spacial score (nSPS) is 13.1. The third kappa shape index (κ3) is 4.36. The van der Waals surface area contributed by atoms with Crippen LogP contribution in [0.5, 0.6) is 0 Å². The van der Waals surface area contributed by atoms with Crippen molar-refractivity contribution in [2.75, 3.05) is 6.54 Å². The molecule has 1 unspecified atom stereocenters. The highest BCUT2D eigenvalue weighted by Crippen LogP contribution is 2.25.